The molecule has 0 aromatic carbocycles. The van der Waals surface area contributed by atoms with Crippen LogP contribution in [0.25, 0.3) is 0 Å². The first-order valence-corrected chi connectivity index (χ1v) is 10.4. The van der Waals surface area contributed by atoms with E-state index < -0.39 is 46.3 Å². The lowest BCUT2D eigenvalue weighted by atomic mass is 9.38. The van der Waals surface area contributed by atoms with E-state index in [1.54, 1.807) is 6.92 Å². The van der Waals surface area contributed by atoms with E-state index in [1.807, 2.05) is 6.92 Å². The predicted octanol–water partition coefficient (Wildman–Crippen LogP) is 0.289. The second-order valence-corrected chi connectivity index (χ2v) is 10.0. The molecule has 5 rings (SSSR count). The summed E-state index contributed by atoms with van der Waals surface area (Å²) in [5, 5.41) is 44.4. The molecule has 7 heteroatoms. The molecule has 156 valence electrons. The minimum Gasteiger partial charge on any atom is -0.458 e. The number of esters is 1. The fraction of sp³-hybridized carbons (Fsp3) is 0.857. The molecule has 7 nitrogen and oxygen atoms in total. The molecule has 2 saturated carbocycles. The van der Waals surface area contributed by atoms with Gasteiger partial charge in [0.15, 0.2) is 0 Å². The lowest BCUT2D eigenvalue weighted by Crippen LogP contribution is -2.77. The number of hydrogen-bond donors (Lipinski definition) is 4. The maximum absolute atomic E-state index is 12.1. The molecule has 0 amide bonds. The number of aliphatic hydroxyl groups is 4. The highest BCUT2D eigenvalue weighted by Crippen LogP contribution is 2.73. The zero-order valence-corrected chi connectivity index (χ0v) is 16.6. The van der Waals surface area contributed by atoms with Crippen molar-refractivity contribution in [3.8, 4) is 0 Å². The first-order valence-electron chi connectivity index (χ1n) is 10.4. The molecule has 3 fully saturated rings. The Hall–Kier alpha value is -0.990. The van der Waals surface area contributed by atoms with E-state index >= 15 is 0 Å². The molecule has 1 unspecified atom stereocenters. The second-order valence-electron chi connectivity index (χ2n) is 10.0. The van der Waals surface area contributed by atoms with Crippen LogP contribution in [0.15, 0.2) is 11.1 Å². The quantitative estimate of drug-likeness (QED) is 0.392. The summed E-state index contributed by atoms with van der Waals surface area (Å²) >= 11 is 0. The standard InChI is InChI=1S/C21H30O7/c1-10(8-22)21-15(28-21)14(23)19(3)18(2)6-4-11-12(9-27-16(11)24)13(18)5-7-20(19,26)17(21)25/h10,13-15,17,22-23,25-26H,4-9H2,1-3H3/t10?,13-,14-,15-,17-,18-,19-,20+,21-/m0/s1. The zero-order chi connectivity index (χ0) is 20.3. The van der Waals surface area contributed by atoms with Gasteiger partial charge >= 0.3 is 5.97 Å². The zero-order valence-electron chi connectivity index (χ0n) is 16.6. The summed E-state index contributed by atoms with van der Waals surface area (Å²) in [6.07, 6.45) is -0.720. The van der Waals surface area contributed by atoms with Gasteiger partial charge in [-0.05, 0) is 42.6 Å². The molecule has 2 aliphatic heterocycles. The van der Waals surface area contributed by atoms with Crippen LogP contribution in [-0.2, 0) is 14.3 Å². The number of carbonyl (C=O) groups excluding carboxylic acids is 1. The summed E-state index contributed by atoms with van der Waals surface area (Å²) < 4.78 is 11.2. The number of cyclic esters (lactones) is 1. The fourth-order valence-corrected chi connectivity index (χ4v) is 7.42. The Morgan fingerprint density at radius 2 is 1.96 bits per heavy atom. The molecular formula is C21H30O7. The molecule has 0 aromatic heterocycles. The van der Waals surface area contributed by atoms with Gasteiger partial charge in [0, 0.05) is 23.5 Å². The SMILES string of the molecule is CC(CO)[C@]12O[C@H]1[C@H](O)[C@@]1(C)[C@@]3(C)CCC4=C(COC4=O)[C@@H]3CC[C@@]1(O)[C@@H]2O. The van der Waals surface area contributed by atoms with Crippen molar-refractivity contribution in [2.24, 2.45) is 22.7 Å². The van der Waals surface area contributed by atoms with E-state index in [0.717, 1.165) is 11.1 Å². The summed E-state index contributed by atoms with van der Waals surface area (Å²) in [6, 6.07) is 0. The molecule has 0 radical (unpaired) electrons. The topological polar surface area (TPSA) is 120 Å². The number of ether oxygens (including phenoxy) is 2. The van der Waals surface area contributed by atoms with Gasteiger partial charge in [0.25, 0.3) is 0 Å². The van der Waals surface area contributed by atoms with E-state index in [1.165, 1.54) is 0 Å². The second kappa shape index (κ2) is 5.38. The third-order valence-corrected chi connectivity index (χ3v) is 9.50. The number of fused-ring (bicyclic) bond motifs is 5. The average molecular weight is 394 g/mol. The van der Waals surface area contributed by atoms with Crippen LogP contribution in [0.3, 0.4) is 0 Å². The third-order valence-electron chi connectivity index (χ3n) is 9.50. The minimum atomic E-state index is -1.55. The van der Waals surface area contributed by atoms with Crippen molar-refractivity contribution in [3.05, 3.63) is 11.1 Å². The lowest BCUT2D eigenvalue weighted by Gasteiger charge is -2.68. The van der Waals surface area contributed by atoms with Gasteiger partial charge in [0.1, 0.15) is 30.0 Å². The monoisotopic (exact) mass is 394 g/mol. The number of rotatable bonds is 2. The smallest absolute Gasteiger partial charge is 0.334 e. The van der Waals surface area contributed by atoms with Gasteiger partial charge < -0.3 is 29.9 Å². The molecule has 3 aliphatic carbocycles. The Morgan fingerprint density at radius 3 is 2.64 bits per heavy atom. The van der Waals surface area contributed by atoms with Crippen LogP contribution in [0.5, 0.6) is 0 Å². The van der Waals surface area contributed by atoms with Crippen LogP contribution >= 0.6 is 0 Å². The maximum Gasteiger partial charge on any atom is 0.334 e. The van der Waals surface area contributed by atoms with Crippen LogP contribution in [0.4, 0.5) is 0 Å². The Labute approximate surface area is 164 Å². The molecule has 28 heavy (non-hydrogen) atoms. The lowest BCUT2D eigenvalue weighted by molar-refractivity contribution is -0.294. The van der Waals surface area contributed by atoms with E-state index in [0.29, 0.717) is 25.7 Å². The summed E-state index contributed by atoms with van der Waals surface area (Å²) in [6.45, 7) is 5.80. The Kier molecular flexibility index (Phi) is 3.65. The normalized spacial score (nSPS) is 55.6. The van der Waals surface area contributed by atoms with E-state index in [2.05, 4.69) is 6.92 Å². The molecule has 2 heterocycles. The van der Waals surface area contributed by atoms with Crippen LogP contribution in [0.1, 0.15) is 46.5 Å². The first-order chi connectivity index (χ1) is 13.1. The van der Waals surface area contributed by atoms with Crippen LogP contribution in [0, 0.1) is 22.7 Å². The Bertz CT molecular complexity index is 779. The molecule has 0 aromatic rings. The molecular weight excluding hydrogens is 364 g/mol. The fourth-order valence-electron chi connectivity index (χ4n) is 7.42. The predicted molar refractivity (Wildman–Crippen MR) is 97.0 cm³/mol. The van der Waals surface area contributed by atoms with Crippen molar-refractivity contribution in [1.82, 2.24) is 0 Å². The number of epoxide rings is 1. The third kappa shape index (κ3) is 1.74. The van der Waals surface area contributed by atoms with Gasteiger partial charge in [-0.25, -0.2) is 4.79 Å². The first kappa shape index (κ1) is 19.0. The molecule has 1 saturated heterocycles. The summed E-state index contributed by atoms with van der Waals surface area (Å²) in [7, 11) is 0. The van der Waals surface area contributed by atoms with Gasteiger partial charge in [-0.15, -0.1) is 0 Å². The van der Waals surface area contributed by atoms with Gasteiger partial charge in [-0.2, -0.15) is 0 Å². The van der Waals surface area contributed by atoms with E-state index in [-0.39, 0.29) is 25.1 Å². The number of hydrogen-bond acceptors (Lipinski definition) is 7. The Balaban J connectivity index is 1.63. The van der Waals surface area contributed by atoms with Crippen molar-refractivity contribution in [2.45, 2.75) is 76.0 Å². The maximum atomic E-state index is 12.1. The molecule has 9 atom stereocenters. The minimum absolute atomic E-state index is 0.0105. The van der Waals surface area contributed by atoms with Gasteiger partial charge in [0.05, 0.1) is 6.10 Å². The molecule has 5 aliphatic rings. The van der Waals surface area contributed by atoms with Crippen molar-refractivity contribution in [1.29, 1.82) is 0 Å². The van der Waals surface area contributed by atoms with Crippen molar-refractivity contribution < 1.29 is 34.7 Å². The van der Waals surface area contributed by atoms with Crippen LogP contribution in [-0.4, -0.2) is 69.1 Å². The number of carbonyl (C=O) groups is 1. The highest BCUT2D eigenvalue weighted by atomic mass is 16.6. The summed E-state index contributed by atoms with van der Waals surface area (Å²) in [5.41, 5.74) is -2.44. The summed E-state index contributed by atoms with van der Waals surface area (Å²) in [5.74, 6) is -0.632. The van der Waals surface area contributed by atoms with Crippen molar-refractivity contribution >= 4 is 5.97 Å². The highest BCUT2D eigenvalue weighted by molar-refractivity contribution is 5.92. The Morgan fingerprint density at radius 1 is 1.25 bits per heavy atom. The van der Waals surface area contributed by atoms with Gasteiger partial charge in [0.2, 0.25) is 0 Å². The van der Waals surface area contributed by atoms with Gasteiger partial charge in [-0.3, -0.25) is 0 Å². The summed E-state index contributed by atoms with van der Waals surface area (Å²) in [4.78, 5) is 12.1. The van der Waals surface area contributed by atoms with Gasteiger partial charge in [-0.1, -0.05) is 20.8 Å². The molecule has 4 N–H and O–H groups in total. The van der Waals surface area contributed by atoms with Crippen molar-refractivity contribution in [2.75, 3.05) is 13.2 Å². The number of aliphatic hydroxyl groups excluding tert-OH is 3. The van der Waals surface area contributed by atoms with E-state index in [9.17, 15) is 25.2 Å². The largest absolute Gasteiger partial charge is 0.458 e. The van der Waals surface area contributed by atoms with E-state index in [4.69, 9.17) is 9.47 Å². The highest BCUT2D eigenvalue weighted by Gasteiger charge is 2.84. The van der Waals surface area contributed by atoms with Crippen LogP contribution in [0.2, 0.25) is 0 Å². The molecule has 0 spiro atoms. The average Bonchev–Trinajstić information content (AvgIpc) is 3.33. The molecule has 0 bridgehead atoms. The van der Waals surface area contributed by atoms with Crippen LogP contribution < -0.4 is 0 Å². The van der Waals surface area contributed by atoms with Crippen molar-refractivity contribution in [3.63, 3.8) is 0 Å².